The molecule has 2 aliphatic heterocycles. The standard InChI is InChI=1S/C18H27N3O3/c1-14-11-20(12-15(2)24-14)13-18(22)19-16-3-5-17(6-4-16)21-7-9-23-10-8-21/h3-6,14-15H,7-13H2,1-2H3,(H,19,22)/p+1/t14-,15+. The summed E-state index contributed by atoms with van der Waals surface area (Å²) < 4.78 is 11.1. The molecule has 0 aliphatic carbocycles. The summed E-state index contributed by atoms with van der Waals surface area (Å²) in [6.45, 7) is 9.78. The number of benzene rings is 1. The van der Waals surface area contributed by atoms with Crippen molar-refractivity contribution < 1.29 is 19.2 Å². The van der Waals surface area contributed by atoms with E-state index in [0.717, 1.165) is 45.1 Å². The monoisotopic (exact) mass is 334 g/mol. The number of ether oxygens (including phenoxy) is 2. The molecule has 132 valence electrons. The Kier molecular flexibility index (Phi) is 5.71. The molecule has 0 radical (unpaired) electrons. The van der Waals surface area contributed by atoms with E-state index in [4.69, 9.17) is 9.47 Å². The predicted molar refractivity (Wildman–Crippen MR) is 93.7 cm³/mol. The number of nitrogens with zero attached hydrogens (tertiary/aromatic N) is 1. The average Bonchev–Trinajstić information content (AvgIpc) is 2.55. The number of hydrogen-bond donors (Lipinski definition) is 2. The van der Waals surface area contributed by atoms with E-state index >= 15 is 0 Å². The molecule has 2 fully saturated rings. The van der Waals surface area contributed by atoms with E-state index in [1.165, 1.54) is 10.6 Å². The van der Waals surface area contributed by atoms with Crippen LogP contribution >= 0.6 is 0 Å². The number of carbonyl (C=O) groups is 1. The Hall–Kier alpha value is -1.63. The fraction of sp³-hybridized carbons (Fsp3) is 0.611. The highest BCUT2D eigenvalue weighted by atomic mass is 16.5. The molecule has 2 saturated heterocycles. The Labute approximate surface area is 143 Å². The molecular formula is C18H28N3O3+. The SMILES string of the molecule is C[C@@H]1C[NH+](CC(=O)Nc2ccc(N3CCOCC3)cc2)C[C@H](C)O1. The molecule has 2 N–H and O–H groups in total. The molecule has 24 heavy (non-hydrogen) atoms. The summed E-state index contributed by atoms with van der Waals surface area (Å²) in [5.41, 5.74) is 2.03. The molecule has 1 unspecified atom stereocenters. The van der Waals surface area contributed by atoms with Crippen LogP contribution < -0.4 is 15.1 Å². The Morgan fingerprint density at radius 2 is 1.79 bits per heavy atom. The highest BCUT2D eigenvalue weighted by Crippen LogP contribution is 2.18. The van der Waals surface area contributed by atoms with Crippen LogP contribution in [0.5, 0.6) is 0 Å². The highest BCUT2D eigenvalue weighted by Gasteiger charge is 2.27. The zero-order valence-corrected chi connectivity index (χ0v) is 14.6. The van der Waals surface area contributed by atoms with Gasteiger partial charge in [0.1, 0.15) is 25.3 Å². The summed E-state index contributed by atoms with van der Waals surface area (Å²) in [7, 11) is 0. The molecule has 3 rings (SSSR count). The summed E-state index contributed by atoms with van der Waals surface area (Å²) in [6, 6.07) is 8.07. The van der Waals surface area contributed by atoms with Crippen LogP contribution in [0.1, 0.15) is 13.8 Å². The summed E-state index contributed by atoms with van der Waals surface area (Å²) in [5, 5.41) is 3.01. The van der Waals surface area contributed by atoms with Gasteiger partial charge >= 0.3 is 0 Å². The number of anilines is 2. The van der Waals surface area contributed by atoms with E-state index in [1.807, 2.05) is 12.1 Å². The van der Waals surface area contributed by atoms with Gasteiger partial charge in [0.15, 0.2) is 6.54 Å². The quantitative estimate of drug-likeness (QED) is 0.823. The van der Waals surface area contributed by atoms with Crippen molar-refractivity contribution in [2.24, 2.45) is 0 Å². The van der Waals surface area contributed by atoms with Gasteiger partial charge in [-0.15, -0.1) is 0 Å². The summed E-state index contributed by atoms with van der Waals surface area (Å²) in [5.74, 6) is 0.0606. The zero-order valence-electron chi connectivity index (χ0n) is 14.6. The van der Waals surface area contributed by atoms with Crippen LogP contribution in [0.25, 0.3) is 0 Å². The minimum Gasteiger partial charge on any atom is -0.378 e. The molecule has 2 aliphatic rings. The maximum absolute atomic E-state index is 12.3. The van der Waals surface area contributed by atoms with E-state index in [9.17, 15) is 4.79 Å². The van der Waals surface area contributed by atoms with Gasteiger partial charge in [0.2, 0.25) is 0 Å². The van der Waals surface area contributed by atoms with Crippen molar-refractivity contribution in [2.75, 3.05) is 56.2 Å². The van der Waals surface area contributed by atoms with Crippen molar-refractivity contribution in [2.45, 2.75) is 26.1 Å². The highest BCUT2D eigenvalue weighted by molar-refractivity contribution is 5.91. The molecule has 0 bridgehead atoms. The minimum atomic E-state index is 0.0606. The van der Waals surface area contributed by atoms with Gasteiger partial charge in [0.25, 0.3) is 5.91 Å². The van der Waals surface area contributed by atoms with E-state index in [0.29, 0.717) is 6.54 Å². The largest absolute Gasteiger partial charge is 0.378 e. The smallest absolute Gasteiger partial charge is 0.279 e. The van der Waals surface area contributed by atoms with E-state index < -0.39 is 0 Å². The Morgan fingerprint density at radius 1 is 1.17 bits per heavy atom. The first-order chi connectivity index (χ1) is 11.6. The van der Waals surface area contributed by atoms with Crippen molar-refractivity contribution in [1.29, 1.82) is 0 Å². The molecule has 1 amide bonds. The fourth-order valence-corrected chi connectivity index (χ4v) is 3.54. The Morgan fingerprint density at radius 3 is 2.42 bits per heavy atom. The van der Waals surface area contributed by atoms with Gasteiger partial charge in [-0.05, 0) is 38.1 Å². The number of rotatable bonds is 4. The van der Waals surface area contributed by atoms with Gasteiger partial charge in [0.05, 0.1) is 13.2 Å². The first kappa shape index (κ1) is 17.2. The van der Waals surface area contributed by atoms with Crippen molar-refractivity contribution in [1.82, 2.24) is 0 Å². The maximum Gasteiger partial charge on any atom is 0.279 e. The van der Waals surface area contributed by atoms with Gasteiger partial charge in [-0.25, -0.2) is 0 Å². The van der Waals surface area contributed by atoms with Gasteiger partial charge in [0, 0.05) is 24.5 Å². The third-order valence-corrected chi connectivity index (χ3v) is 4.55. The molecular weight excluding hydrogens is 306 g/mol. The third-order valence-electron chi connectivity index (χ3n) is 4.55. The van der Waals surface area contributed by atoms with Crippen molar-refractivity contribution >= 4 is 17.3 Å². The normalized spacial score (nSPS) is 27.8. The lowest BCUT2D eigenvalue weighted by molar-refractivity contribution is -0.907. The van der Waals surface area contributed by atoms with Crippen LogP contribution in [0, 0.1) is 0 Å². The maximum atomic E-state index is 12.3. The molecule has 6 heteroatoms. The summed E-state index contributed by atoms with van der Waals surface area (Å²) in [4.78, 5) is 15.9. The first-order valence-corrected chi connectivity index (χ1v) is 8.82. The van der Waals surface area contributed by atoms with Crippen molar-refractivity contribution in [3.8, 4) is 0 Å². The molecule has 1 aromatic carbocycles. The van der Waals surface area contributed by atoms with Crippen LogP contribution in [-0.4, -0.2) is 64.1 Å². The molecule has 0 saturated carbocycles. The van der Waals surface area contributed by atoms with E-state index in [2.05, 4.69) is 36.2 Å². The summed E-state index contributed by atoms with van der Waals surface area (Å²) in [6.07, 6.45) is 0.425. The molecule has 0 aromatic heterocycles. The zero-order chi connectivity index (χ0) is 16.9. The van der Waals surface area contributed by atoms with Crippen molar-refractivity contribution in [3.05, 3.63) is 24.3 Å². The van der Waals surface area contributed by atoms with Gasteiger partial charge < -0.3 is 24.6 Å². The lowest BCUT2D eigenvalue weighted by Crippen LogP contribution is -3.16. The number of carbonyl (C=O) groups excluding carboxylic acids is 1. The topological polar surface area (TPSA) is 55.2 Å². The Bertz CT molecular complexity index is 533. The van der Waals surface area contributed by atoms with E-state index in [-0.39, 0.29) is 18.1 Å². The number of amides is 1. The molecule has 0 spiro atoms. The number of hydrogen-bond acceptors (Lipinski definition) is 4. The van der Waals surface area contributed by atoms with Crippen LogP contribution in [-0.2, 0) is 14.3 Å². The minimum absolute atomic E-state index is 0.0606. The van der Waals surface area contributed by atoms with Gasteiger partial charge in [-0.3, -0.25) is 4.79 Å². The lowest BCUT2D eigenvalue weighted by atomic mass is 10.2. The predicted octanol–water partition coefficient (Wildman–Crippen LogP) is 0.154. The molecule has 6 nitrogen and oxygen atoms in total. The third kappa shape index (κ3) is 4.69. The number of nitrogens with one attached hydrogen (secondary N) is 2. The second kappa shape index (κ2) is 7.96. The Balaban J connectivity index is 1.50. The van der Waals surface area contributed by atoms with Crippen molar-refractivity contribution in [3.63, 3.8) is 0 Å². The second-order valence-corrected chi connectivity index (χ2v) is 6.79. The molecule has 1 aromatic rings. The van der Waals surface area contributed by atoms with Gasteiger partial charge in [-0.1, -0.05) is 0 Å². The molecule has 3 atom stereocenters. The average molecular weight is 334 g/mol. The van der Waals surface area contributed by atoms with Crippen LogP contribution in [0.15, 0.2) is 24.3 Å². The fourth-order valence-electron chi connectivity index (χ4n) is 3.54. The lowest BCUT2D eigenvalue weighted by Gasteiger charge is -2.32. The summed E-state index contributed by atoms with van der Waals surface area (Å²) >= 11 is 0. The van der Waals surface area contributed by atoms with E-state index in [1.54, 1.807) is 0 Å². The number of quaternary nitrogens is 1. The number of morpholine rings is 2. The molecule has 2 heterocycles. The van der Waals surface area contributed by atoms with Crippen LogP contribution in [0.4, 0.5) is 11.4 Å². The van der Waals surface area contributed by atoms with Gasteiger partial charge in [-0.2, -0.15) is 0 Å². The van der Waals surface area contributed by atoms with Crippen LogP contribution in [0.3, 0.4) is 0 Å². The second-order valence-electron chi connectivity index (χ2n) is 6.79. The van der Waals surface area contributed by atoms with Crippen LogP contribution in [0.2, 0.25) is 0 Å². The first-order valence-electron chi connectivity index (χ1n) is 8.82.